The first kappa shape index (κ1) is 20.4. The first-order valence-corrected chi connectivity index (χ1v) is 10.8. The van der Waals surface area contributed by atoms with Crippen LogP contribution < -0.4 is 4.90 Å². The second-order valence-electron chi connectivity index (χ2n) is 8.52. The van der Waals surface area contributed by atoms with E-state index in [4.69, 9.17) is 4.42 Å². The van der Waals surface area contributed by atoms with Crippen LogP contribution in [0.25, 0.3) is 0 Å². The van der Waals surface area contributed by atoms with Gasteiger partial charge in [-0.05, 0) is 48.6 Å². The maximum absolute atomic E-state index is 13.4. The molecule has 2 aromatic rings. The Morgan fingerprint density at radius 3 is 2.37 bits per heavy atom. The number of rotatable bonds is 5. The molecule has 6 nitrogen and oxygen atoms in total. The Morgan fingerprint density at radius 1 is 1.07 bits per heavy atom. The van der Waals surface area contributed by atoms with E-state index in [0.717, 1.165) is 37.7 Å². The van der Waals surface area contributed by atoms with Gasteiger partial charge >= 0.3 is 0 Å². The van der Waals surface area contributed by atoms with Crippen LogP contribution in [0.3, 0.4) is 0 Å². The number of hydrogen-bond acceptors (Lipinski definition) is 4. The Hall–Kier alpha value is -2.89. The van der Waals surface area contributed by atoms with E-state index in [0.29, 0.717) is 11.6 Å². The quantitative estimate of drug-likeness (QED) is 0.683. The standard InChI is InChI=1S/C24H28N2O4/c1-16(2)17-10-12-19(13-11-17)26-22(27)15-20(23(26)28)25(18-7-4-3-5-8-18)24(29)21-9-6-14-30-21/h6,9-14,16,18,20H,3-5,7-8,15H2,1-2H3. The fourth-order valence-electron chi connectivity index (χ4n) is 4.56. The highest BCUT2D eigenvalue weighted by Crippen LogP contribution is 2.32. The van der Waals surface area contributed by atoms with Crippen molar-refractivity contribution < 1.29 is 18.8 Å². The number of nitrogens with zero attached hydrogens (tertiary/aromatic N) is 2. The Morgan fingerprint density at radius 2 is 1.77 bits per heavy atom. The summed E-state index contributed by atoms with van der Waals surface area (Å²) in [5.74, 6) is -0.335. The topological polar surface area (TPSA) is 70.8 Å². The van der Waals surface area contributed by atoms with Crippen molar-refractivity contribution in [1.29, 1.82) is 0 Å². The van der Waals surface area contributed by atoms with Gasteiger partial charge < -0.3 is 9.32 Å². The van der Waals surface area contributed by atoms with Crippen LogP contribution in [-0.2, 0) is 9.59 Å². The summed E-state index contributed by atoms with van der Waals surface area (Å²) in [6.45, 7) is 4.19. The second-order valence-corrected chi connectivity index (χ2v) is 8.52. The number of imide groups is 1. The number of anilines is 1. The van der Waals surface area contributed by atoms with Crippen LogP contribution in [0.1, 0.15) is 74.4 Å². The molecule has 2 aliphatic rings. The van der Waals surface area contributed by atoms with Crippen molar-refractivity contribution in [1.82, 2.24) is 4.90 Å². The van der Waals surface area contributed by atoms with Gasteiger partial charge in [-0.3, -0.25) is 14.4 Å². The molecular weight excluding hydrogens is 380 g/mol. The zero-order valence-corrected chi connectivity index (χ0v) is 17.5. The first-order chi connectivity index (χ1) is 14.5. The van der Waals surface area contributed by atoms with Crippen molar-refractivity contribution >= 4 is 23.4 Å². The molecule has 30 heavy (non-hydrogen) atoms. The van der Waals surface area contributed by atoms with Gasteiger partial charge in [0, 0.05) is 6.04 Å². The van der Waals surface area contributed by atoms with E-state index in [9.17, 15) is 14.4 Å². The minimum absolute atomic E-state index is 0.00765. The highest BCUT2D eigenvalue weighted by Gasteiger charge is 2.47. The largest absolute Gasteiger partial charge is 0.459 e. The molecule has 1 atom stereocenters. The molecule has 2 heterocycles. The molecule has 1 unspecified atom stereocenters. The molecule has 158 valence electrons. The molecule has 0 bridgehead atoms. The zero-order chi connectivity index (χ0) is 21.3. The fourth-order valence-corrected chi connectivity index (χ4v) is 4.56. The third-order valence-corrected chi connectivity index (χ3v) is 6.21. The van der Waals surface area contributed by atoms with Gasteiger partial charge in [-0.15, -0.1) is 0 Å². The SMILES string of the molecule is CC(C)c1ccc(N2C(=O)CC(N(C(=O)c3ccco3)C3CCCCC3)C2=O)cc1. The van der Waals surface area contributed by atoms with Crippen LogP contribution in [0.5, 0.6) is 0 Å². The maximum atomic E-state index is 13.4. The first-order valence-electron chi connectivity index (χ1n) is 10.8. The van der Waals surface area contributed by atoms with Crippen molar-refractivity contribution in [3.63, 3.8) is 0 Å². The summed E-state index contributed by atoms with van der Waals surface area (Å²) < 4.78 is 5.33. The number of furan rings is 1. The van der Waals surface area contributed by atoms with Crippen LogP contribution in [0.15, 0.2) is 47.1 Å². The summed E-state index contributed by atoms with van der Waals surface area (Å²) in [5, 5.41) is 0. The molecule has 3 amide bonds. The molecule has 2 fully saturated rings. The van der Waals surface area contributed by atoms with E-state index in [1.54, 1.807) is 17.0 Å². The lowest BCUT2D eigenvalue weighted by Gasteiger charge is -2.36. The van der Waals surface area contributed by atoms with Gasteiger partial charge in [-0.25, -0.2) is 4.90 Å². The molecule has 1 saturated heterocycles. The Kier molecular flexibility index (Phi) is 5.75. The average Bonchev–Trinajstić information content (AvgIpc) is 3.38. The smallest absolute Gasteiger partial charge is 0.290 e. The van der Waals surface area contributed by atoms with Crippen molar-refractivity contribution in [3.8, 4) is 0 Å². The Balaban J connectivity index is 1.63. The third-order valence-electron chi connectivity index (χ3n) is 6.21. The molecule has 0 radical (unpaired) electrons. The molecule has 1 aliphatic carbocycles. The zero-order valence-electron chi connectivity index (χ0n) is 17.5. The molecule has 1 aliphatic heterocycles. The van der Waals surface area contributed by atoms with Gasteiger partial charge in [-0.2, -0.15) is 0 Å². The minimum Gasteiger partial charge on any atom is -0.459 e. The van der Waals surface area contributed by atoms with Crippen LogP contribution in [0.2, 0.25) is 0 Å². The molecule has 0 spiro atoms. The van der Waals surface area contributed by atoms with Crippen molar-refractivity contribution in [2.75, 3.05) is 4.90 Å². The van der Waals surface area contributed by atoms with E-state index in [-0.39, 0.29) is 35.9 Å². The van der Waals surface area contributed by atoms with Crippen LogP contribution in [0, 0.1) is 0 Å². The second kappa shape index (κ2) is 8.46. The van der Waals surface area contributed by atoms with E-state index >= 15 is 0 Å². The summed E-state index contributed by atoms with van der Waals surface area (Å²) in [5.41, 5.74) is 1.71. The third kappa shape index (κ3) is 3.78. The van der Waals surface area contributed by atoms with Gasteiger partial charge in [-0.1, -0.05) is 45.2 Å². The van der Waals surface area contributed by atoms with Crippen molar-refractivity contribution in [3.05, 3.63) is 54.0 Å². The van der Waals surface area contributed by atoms with Crippen LogP contribution >= 0.6 is 0 Å². The normalized spacial score (nSPS) is 20.2. The summed E-state index contributed by atoms with van der Waals surface area (Å²) in [6.07, 6.45) is 6.31. The highest BCUT2D eigenvalue weighted by molar-refractivity contribution is 6.23. The predicted molar refractivity (Wildman–Crippen MR) is 113 cm³/mol. The number of amides is 3. The molecule has 1 saturated carbocycles. The number of hydrogen-bond donors (Lipinski definition) is 0. The molecule has 1 aromatic heterocycles. The lowest BCUT2D eigenvalue weighted by atomic mass is 9.92. The highest BCUT2D eigenvalue weighted by atomic mass is 16.3. The van der Waals surface area contributed by atoms with Gasteiger partial charge in [0.25, 0.3) is 11.8 Å². The van der Waals surface area contributed by atoms with Crippen molar-refractivity contribution in [2.45, 2.75) is 70.4 Å². The van der Waals surface area contributed by atoms with Gasteiger partial charge in [0.15, 0.2) is 5.76 Å². The Bertz CT molecular complexity index is 911. The molecule has 1 aromatic carbocycles. The van der Waals surface area contributed by atoms with E-state index < -0.39 is 6.04 Å². The molecule has 6 heteroatoms. The number of carbonyl (C=O) groups is 3. The molecular formula is C24H28N2O4. The van der Waals surface area contributed by atoms with E-state index in [1.807, 2.05) is 24.3 Å². The maximum Gasteiger partial charge on any atom is 0.290 e. The van der Waals surface area contributed by atoms with Crippen molar-refractivity contribution in [2.24, 2.45) is 0 Å². The van der Waals surface area contributed by atoms with Gasteiger partial charge in [0.1, 0.15) is 6.04 Å². The monoisotopic (exact) mass is 408 g/mol. The van der Waals surface area contributed by atoms with E-state index in [2.05, 4.69) is 13.8 Å². The number of carbonyl (C=O) groups excluding carboxylic acids is 3. The lowest BCUT2D eigenvalue weighted by Crippen LogP contribution is -2.51. The van der Waals surface area contributed by atoms with Crippen LogP contribution in [0.4, 0.5) is 5.69 Å². The minimum atomic E-state index is -0.789. The molecule has 0 N–H and O–H groups in total. The predicted octanol–water partition coefficient (Wildman–Crippen LogP) is 4.51. The molecule has 4 rings (SSSR count). The summed E-state index contributed by atoms with van der Waals surface area (Å²) in [4.78, 5) is 42.3. The van der Waals surface area contributed by atoms with Gasteiger partial charge in [0.05, 0.1) is 18.4 Å². The number of benzene rings is 1. The summed E-state index contributed by atoms with van der Waals surface area (Å²) >= 11 is 0. The van der Waals surface area contributed by atoms with Gasteiger partial charge in [0.2, 0.25) is 5.91 Å². The average molecular weight is 408 g/mol. The summed E-state index contributed by atoms with van der Waals surface area (Å²) in [6, 6.07) is 9.95. The fraction of sp³-hybridized carbons (Fsp3) is 0.458. The summed E-state index contributed by atoms with van der Waals surface area (Å²) in [7, 11) is 0. The van der Waals surface area contributed by atoms with E-state index in [1.165, 1.54) is 11.2 Å². The lowest BCUT2D eigenvalue weighted by molar-refractivity contribution is -0.123. The Labute approximate surface area is 176 Å². The van der Waals surface area contributed by atoms with Crippen LogP contribution in [-0.4, -0.2) is 34.7 Å².